The third-order valence-corrected chi connectivity index (χ3v) is 2.88. The number of rotatable bonds is 4. The van der Waals surface area contributed by atoms with Gasteiger partial charge in [0.2, 0.25) is 5.91 Å². The van der Waals surface area contributed by atoms with E-state index < -0.39 is 18.1 Å². The van der Waals surface area contributed by atoms with Crippen molar-refractivity contribution in [3.63, 3.8) is 0 Å². The van der Waals surface area contributed by atoms with Gasteiger partial charge in [-0.3, -0.25) is 9.78 Å². The van der Waals surface area contributed by atoms with Gasteiger partial charge in [-0.15, -0.1) is 0 Å². The van der Waals surface area contributed by atoms with Crippen LogP contribution in [0.4, 0.5) is 13.2 Å². The first kappa shape index (κ1) is 15.8. The van der Waals surface area contributed by atoms with Crippen LogP contribution in [0.3, 0.4) is 0 Å². The molecule has 0 spiro atoms. The average Bonchev–Trinajstić information content (AvgIpc) is 2.51. The molecule has 114 valence electrons. The molecule has 0 radical (unpaired) electrons. The highest BCUT2D eigenvalue weighted by atomic mass is 19.4. The highest BCUT2D eigenvalue weighted by Gasteiger charge is 2.41. The number of amides is 1. The number of carbonyl (C=O) groups excluding carboxylic acids is 1. The van der Waals surface area contributed by atoms with Crippen LogP contribution in [0, 0.1) is 0 Å². The first-order valence-electron chi connectivity index (χ1n) is 6.47. The van der Waals surface area contributed by atoms with Gasteiger partial charge < -0.3 is 5.32 Å². The summed E-state index contributed by atoms with van der Waals surface area (Å²) in [6, 6.07) is 8.49. The molecule has 1 heterocycles. The van der Waals surface area contributed by atoms with Crippen LogP contribution in [-0.2, 0) is 4.79 Å². The zero-order valence-corrected chi connectivity index (χ0v) is 11.4. The zero-order valence-electron chi connectivity index (χ0n) is 11.4. The molecular weight excluding hydrogens is 293 g/mol. The third-order valence-electron chi connectivity index (χ3n) is 2.88. The van der Waals surface area contributed by atoms with E-state index in [1.165, 1.54) is 42.7 Å². The molecule has 3 nitrogen and oxygen atoms in total. The second-order valence-corrected chi connectivity index (χ2v) is 4.51. The Bertz CT molecular complexity index is 639. The molecule has 0 bridgehead atoms. The number of nitrogens with zero attached hydrogens (tertiary/aromatic N) is 1. The van der Waals surface area contributed by atoms with E-state index >= 15 is 0 Å². The van der Waals surface area contributed by atoms with Crippen molar-refractivity contribution < 1.29 is 18.0 Å². The summed E-state index contributed by atoms with van der Waals surface area (Å²) in [6.45, 7) is 0. The van der Waals surface area contributed by atoms with E-state index in [-0.39, 0.29) is 5.56 Å². The number of hydrogen-bond donors (Lipinski definition) is 1. The van der Waals surface area contributed by atoms with Crippen molar-refractivity contribution in [2.24, 2.45) is 0 Å². The Morgan fingerprint density at radius 2 is 1.73 bits per heavy atom. The second-order valence-electron chi connectivity index (χ2n) is 4.51. The number of alkyl halides is 3. The fourth-order valence-corrected chi connectivity index (χ4v) is 1.84. The van der Waals surface area contributed by atoms with Crippen molar-refractivity contribution in [3.05, 3.63) is 72.1 Å². The SMILES string of the molecule is O=C(C=Cc1ccncc1)NC(c1ccccc1)C(F)(F)F. The molecular formula is C16H13F3N2O. The van der Waals surface area contributed by atoms with Gasteiger partial charge >= 0.3 is 6.18 Å². The predicted molar refractivity (Wildman–Crippen MR) is 76.7 cm³/mol. The third kappa shape index (κ3) is 4.44. The number of nitrogens with one attached hydrogen (secondary N) is 1. The van der Waals surface area contributed by atoms with Gasteiger partial charge in [0.25, 0.3) is 0 Å². The van der Waals surface area contributed by atoms with E-state index in [2.05, 4.69) is 4.98 Å². The summed E-state index contributed by atoms with van der Waals surface area (Å²) in [5.41, 5.74) is 0.661. The van der Waals surface area contributed by atoms with Crippen LogP contribution < -0.4 is 5.32 Å². The fraction of sp³-hybridized carbons (Fsp3) is 0.125. The molecule has 1 amide bonds. The van der Waals surface area contributed by atoms with Gasteiger partial charge in [-0.1, -0.05) is 30.3 Å². The van der Waals surface area contributed by atoms with Crippen molar-refractivity contribution in [2.45, 2.75) is 12.2 Å². The minimum Gasteiger partial charge on any atom is -0.337 e. The van der Waals surface area contributed by atoms with Crippen molar-refractivity contribution >= 4 is 12.0 Å². The normalized spacial score (nSPS) is 13.0. The summed E-state index contributed by atoms with van der Waals surface area (Å²) in [5.74, 6) is -0.817. The first-order valence-corrected chi connectivity index (χ1v) is 6.47. The monoisotopic (exact) mass is 306 g/mol. The maximum absolute atomic E-state index is 13.1. The van der Waals surface area contributed by atoms with Crippen LogP contribution in [0.5, 0.6) is 0 Å². The number of carbonyl (C=O) groups is 1. The minimum absolute atomic E-state index is 0.0133. The molecule has 0 saturated heterocycles. The van der Waals surface area contributed by atoms with Gasteiger partial charge in [-0.2, -0.15) is 13.2 Å². The Kier molecular flexibility index (Phi) is 4.93. The average molecular weight is 306 g/mol. The summed E-state index contributed by atoms with van der Waals surface area (Å²) >= 11 is 0. The van der Waals surface area contributed by atoms with E-state index in [9.17, 15) is 18.0 Å². The van der Waals surface area contributed by atoms with Gasteiger partial charge in [0.1, 0.15) is 0 Å². The lowest BCUT2D eigenvalue weighted by atomic mass is 10.1. The summed E-state index contributed by atoms with van der Waals surface area (Å²) < 4.78 is 39.2. The van der Waals surface area contributed by atoms with Crippen molar-refractivity contribution in [2.75, 3.05) is 0 Å². The number of hydrogen-bond acceptors (Lipinski definition) is 2. The fourth-order valence-electron chi connectivity index (χ4n) is 1.84. The van der Waals surface area contributed by atoms with Gasteiger partial charge in [0.05, 0.1) is 0 Å². The Morgan fingerprint density at radius 3 is 2.32 bits per heavy atom. The molecule has 2 rings (SSSR count). The lowest BCUT2D eigenvalue weighted by Gasteiger charge is -2.21. The van der Waals surface area contributed by atoms with Crippen molar-refractivity contribution in [1.29, 1.82) is 0 Å². The van der Waals surface area contributed by atoms with Crippen LogP contribution in [0.25, 0.3) is 6.08 Å². The molecule has 0 fully saturated rings. The van der Waals surface area contributed by atoms with E-state index in [4.69, 9.17) is 0 Å². The van der Waals surface area contributed by atoms with Crippen molar-refractivity contribution in [3.8, 4) is 0 Å². The number of aromatic nitrogens is 1. The van der Waals surface area contributed by atoms with Gasteiger partial charge in [-0.25, -0.2) is 0 Å². The van der Waals surface area contributed by atoms with Gasteiger partial charge in [0, 0.05) is 18.5 Å². The molecule has 0 aliphatic carbocycles. The minimum atomic E-state index is -4.57. The predicted octanol–water partition coefficient (Wildman–Crippen LogP) is 3.51. The standard InChI is InChI=1S/C16H13F3N2O/c17-16(18,19)15(13-4-2-1-3-5-13)21-14(22)7-6-12-8-10-20-11-9-12/h1-11,15H,(H,21,22). The molecule has 0 aliphatic rings. The molecule has 0 aliphatic heterocycles. The van der Waals surface area contributed by atoms with E-state index in [1.54, 1.807) is 18.2 Å². The van der Waals surface area contributed by atoms with Crippen LogP contribution in [0.1, 0.15) is 17.2 Å². The molecule has 1 aromatic heterocycles. The topological polar surface area (TPSA) is 42.0 Å². The number of pyridine rings is 1. The molecule has 22 heavy (non-hydrogen) atoms. The lowest BCUT2D eigenvalue weighted by Crippen LogP contribution is -2.37. The molecule has 2 aromatic rings. The number of benzene rings is 1. The quantitative estimate of drug-likeness (QED) is 0.878. The second kappa shape index (κ2) is 6.89. The summed E-state index contributed by atoms with van der Waals surface area (Å²) in [4.78, 5) is 15.5. The Morgan fingerprint density at radius 1 is 1.09 bits per heavy atom. The molecule has 1 atom stereocenters. The van der Waals surface area contributed by atoms with Gasteiger partial charge in [0.15, 0.2) is 6.04 Å². The van der Waals surface area contributed by atoms with E-state index in [0.29, 0.717) is 5.56 Å². The highest BCUT2D eigenvalue weighted by molar-refractivity contribution is 5.92. The zero-order chi connectivity index (χ0) is 16.0. The van der Waals surface area contributed by atoms with E-state index in [1.807, 2.05) is 5.32 Å². The summed E-state index contributed by atoms with van der Waals surface area (Å²) in [5, 5.41) is 1.98. The maximum atomic E-state index is 13.1. The molecule has 1 unspecified atom stereocenters. The van der Waals surface area contributed by atoms with Gasteiger partial charge in [-0.05, 0) is 29.3 Å². The van der Waals surface area contributed by atoms with Crippen LogP contribution in [0.2, 0.25) is 0 Å². The lowest BCUT2D eigenvalue weighted by molar-refractivity contribution is -0.162. The summed E-state index contributed by atoms with van der Waals surface area (Å²) in [6.07, 6.45) is 0.980. The molecule has 1 N–H and O–H groups in total. The maximum Gasteiger partial charge on any atom is 0.412 e. The Hall–Kier alpha value is -2.63. The largest absolute Gasteiger partial charge is 0.412 e. The molecule has 0 saturated carbocycles. The summed E-state index contributed by atoms with van der Waals surface area (Å²) in [7, 11) is 0. The van der Waals surface area contributed by atoms with Crippen LogP contribution in [0.15, 0.2) is 60.9 Å². The van der Waals surface area contributed by atoms with E-state index in [0.717, 1.165) is 6.08 Å². The van der Waals surface area contributed by atoms with Crippen LogP contribution in [-0.4, -0.2) is 17.1 Å². The smallest absolute Gasteiger partial charge is 0.337 e. The Balaban J connectivity index is 2.11. The van der Waals surface area contributed by atoms with Crippen molar-refractivity contribution in [1.82, 2.24) is 10.3 Å². The first-order chi connectivity index (χ1) is 10.5. The number of halogens is 3. The Labute approximate surface area is 125 Å². The molecule has 6 heteroatoms. The van der Waals surface area contributed by atoms with Crippen LogP contribution >= 0.6 is 0 Å². The molecule has 1 aromatic carbocycles. The highest BCUT2D eigenvalue weighted by Crippen LogP contribution is 2.32.